The van der Waals surface area contributed by atoms with Crippen molar-refractivity contribution in [3.05, 3.63) is 23.5 Å². The minimum absolute atomic E-state index is 0.410. The maximum Gasteiger partial charge on any atom is 0.120 e. The summed E-state index contributed by atoms with van der Waals surface area (Å²) in [7, 11) is 1.92. The van der Waals surface area contributed by atoms with Crippen LogP contribution in [0.15, 0.2) is 12.3 Å². The van der Waals surface area contributed by atoms with E-state index in [1.54, 1.807) is 0 Å². The largest absolute Gasteiger partial charge is 0.342 e. The first-order valence-electron chi connectivity index (χ1n) is 6.31. The van der Waals surface area contributed by atoms with Crippen LogP contribution in [0.4, 0.5) is 0 Å². The lowest BCUT2D eigenvalue weighted by molar-refractivity contribution is 0.282. The van der Waals surface area contributed by atoms with Gasteiger partial charge in [-0.3, -0.25) is 0 Å². The predicted molar refractivity (Wildman–Crippen MR) is 68.4 cm³/mol. The van der Waals surface area contributed by atoms with Gasteiger partial charge in [-0.25, -0.2) is 0 Å². The summed E-state index contributed by atoms with van der Waals surface area (Å²) in [4.78, 5) is 0. The van der Waals surface area contributed by atoms with Gasteiger partial charge in [-0.05, 0) is 29.9 Å². The quantitative estimate of drug-likeness (QED) is 0.868. The van der Waals surface area contributed by atoms with Gasteiger partial charge in [-0.15, -0.1) is 0 Å². The van der Waals surface area contributed by atoms with Crippen molar-refractivity contribution in [1.82, 2.24) is 9.88 Å². The highest BCUT2D eigenvalue weighted by Gasteiger charge is 2.33. The molecule has 1 N–H and O–H groups in total. The van der Waals surface area contributed by atoms with E-state index in [1.807, 2.05) is 23.9 Å². The fourth-order valence-electron chi connectivity index (χ4n) is 2.79. The van der Waals surface area contributed by atoms with E-state index in [4.69, 9.17) is 5.26 Å². The summed E-state index contributed by atoms with van der Waals surface area (Å²) in [5.41, 5.74) is 2.34. The summed E-state index contributed by atoms with van der Waals surface area (Å²) in [6.07, 6.45) is 5.93. The van der Waals surface area contributed by atoms with E-state index in [9.17, 15) is 0 Å². The maximum atomic E-state index is 8.90. The van der Waals surface area contributed by atoms with Gasteiger partial charge in [0.1, 0.15) is 11.8 Å². The van der Waals surface area contributed by atoms with Crippen molar-refractivity contribution in [2.75, 3.05) is 0 Å². The summed E-state index contributed by atoms with van der Waals surface area (Å²) in [6.45, 7) is 5.54. The van der Waals surface area contributed by atoms with Crippen LogP contribution in [0.25, 0.3) is 0 Å². The number of nitrogens with zero attached hydrogens (tertiary/aromatic N) is 2. The topological polar surface area (TPSA) is 40.8 Å². The Kier molecular flexibility index (Phi) is 3.26. The predicted octanol–water partition coefficient (Wildman–Crippen LogP) is 2.57. The third-order valence-electron chi connectivity index (χ3n) is 3.99. The van der Waals surface area contributed by atoms with E-state index in [2.05, 4.69) is 25.2 Å². The van der Waals surface area contributed by atoms with Gasteiger partial charge in [-0.2, -0.15) is 5.26 Å². The summed E-state index contributed by atoms with van der Waals surface area (Å²) in [5, 5.41) is 12.5. The minimum Gasteiger partial charge on any atom is -0.342 e. The summed E-state index contributed by atoms with van der Waals surface area (Å²) in [6, 6.07) is 4.77. The van der Waals surface area contributed by atoms with Crippen LogP contribution in [0, 0.1) is 16.7 Å². The molecule has 1 saturated carbocycles. The Morgan fingerprint density at radius 2 is 2.35 bits per heavy atom. The van der Waals surface area contributed by atoms with Crippen LogP contribution in [0.1, 0.15) is 44.4 Å². The normalized spacial score (nSPS) is 22.6. The molecule has 1 aliphatic carbocycles. The zero-order valence-corrected chi connectivity index (χ0v) is 11.0. The van der Waals surface area contributed by atoms with Gasteiger partial charge < -0.3 is 9.88 Å². The Morgan fingerprint density at radius 1 is 1.59 bits per heavy atom. The van der Waals surface area contributed by atoms with Crippen LogP contribution in [0.3, 0.4) is 0 Å². The smallest absolute Gasteiger partial charge is 0.120 e. The maximum absolute atomic E-state index is 8.90. The molecule has 0 amide bonds. The second-order valence-electron chi connectivity index (χ2n) is 5.77. The SMILES string of the molecule is Cn1cc(CNC2CCCC2(C)C)cc1C#N. The first-order chi connectivity index (χ1) is 8.03. The van der Waals surface area contributed by atoms with E-state index in [0.29, 0.717) is 11.5 Å². The zero-order valence-electron chi connectivity index (χ0n) is 11.0. The van der Waals surface area contributed by atoms with Crippen molar-refractivity contribution in [2.45, 2.75) is 45.7 Å². The molecule has 1 aromatic heterocycles. The average Bonchev–Trinajstić information content (AvgIpc) is 2.78. The molecule has 17 heavy (non-hydrogen) atoms. The van der Waals surface area contributed by atoms with E-state index >= 15 is 0 Å². The van der Waals surface area contributed by atoms with E-state index in [0.717, 1.165) is 12.2 Å². The van der Waals surface area contributed by atoms with E-state index in [1.165, 1.54) is 24.8 Å². The van der Waals surface area contributed by atoms with Crippen molar-refractivity contribution in [1.29, 1.82) is 5.26 Å². The highest BCUT2D eigenvalue weighted by Crippen LogP contribution is 2.37. The third-order valence-corrected chi connectivity index (χ3v) is 3.99. The number of hydrogen-bond donors (Lipinski definition) is 1. The van der Waals surface area contributed by atoms with Gasteiger partial charge >= 0.3 is 0 Å². The lowest BCUT2D eigenvalue weighted by atomic mass is 9.87. The van der Waals surface area contributed by atoms with Crippen LogP contribution in [-0.2, 0) is 13.6 Å². The molecule has 0 bridgehead atoms. The number of nitriles is 1. The van der Waals surface area contributed by atoms with Gasteiger partial charge in [0.25, 0.3) is 0 Å². The molecule has 92 valence electrons. The van der Waals surface area contributed by atoms with E-state index < -0.39 is 0 Å². The van der Waals surface area contributed by atoms with Crippen LogP contribution in [-0.4, -0.2) is 10.6 Å². The summed E-state index contributed by atoms with van der Waals surface area (Å²) in [5.74, 6) is 0. The van der Waals surface area contributed by atoms with Gasteiger partial charge in [0.05, 0.1) is 0 Å². The molecule has 1 atom stereocenters. The molecule has 3 heteroatoms. The Balaban J connectivity index is 1.96. The van der Waals surface area contributed by atoms with Gasteiger partial charge in [0.15, 0.2) is 0 Å². The molecule has 2 rings (SSSR count). The molecule has 1 fully saturated rings. The Morgan fingerprint density at radius 3 is 2.88 bits per heavy atom. The van der Waals surface area contributed by atoms with Crippen LogP contribution >= 0.6 is 0 Å². The van der Waals surface area contributed by atoms with Gasteiger partial charge in [0.2, 0.25) is 0 Å². The van der Waals surface area contributed by atoms with Crippen molar-refractivity contribution >= 4 is 0 Å². The summed E-state index contributed by atoms with van der Waals surface area (Å²) >= 11 is 0. The number of hydrogen-bond acceptors (Lipinski definition) is 2. The molecule has 0 spiro atoms. The molecule has 1 heterocycles. The number of rotatable bonds is 3. The molecule has 1 aliphatic rings. The lowest BCUT2D eigenvalue weighted by Gasteiger charge is -2.27. The molecular weight excluding hydrogens is 210 g/mol. The molecule has 3 nitrogen and oxygen atoms in total. The second kappa shape index (κ2) is 4.54. The Hall–Kier alpha value is -1.27. The monoisotopic (exact) mass is 231 g/mol. The Bertz CT molecular complexity index is 437. The fourth-order valence-corrected chi connectivity index (χ4v) is 2.79. The van der Waals surface area contributed by atoms with Gasteiger partial charge in [0, 0.05) is 25.8 Å². The highest BCUT2D eigenvalue weighted by molar-refractivity contribution is 5.28. The van der Waals surface area contributed by atoms with Crippen molar-refractivity contribution < 1.29 is 0 Å². The fraction of sp³-hybridized carbons (Fsp3) is 0.643. The Labute approximate surface area is 103 Å². The molecular formula is C14H21N3. The number of aromatic nitrogens is 1. The second-order valence-corrected chi connectivity index (χ2v) is 5.77. The zero-order chi connectivity index (χ0) is 12.5. The van der Waals surface area contributed by atoms with E-state index in [-0.39, 0.29) is 0 Å². The van der Waals surface area contributed by atoms with Crippen LogP contribution < -0.4 is 5.32 Å². The molecule has 0 radical (unpaired) electrons. The molecule has 0 aliphatic heterocycles. The number of aryl methyl sites for hydroxylation is 1. The van der Waals surface area contributed by atoms with Crippen LogP contribution in [0.2, 0.25) is 0 Å². The first-order valence-corrected chi connectivity index (χ1v) is 6.31. The van der Waals surface area contributed by atoms with Gasteiger partial charge in [-0.1, -0.05) is 20.3 Å². The van der Waals surface area contributed by atoms with Crippen molar-refractivity contribution in [2.24, 2.45) is 12.5 Å². The molecule has 0 aromatic carbocycles. The van der Waals surface area contributed by atoms with Crippen LogP contribution in [0.5, 0.6) is 0 Å². The molecule has 1 unspecified atom stereocenters. The standard InChI is InChI=1S/C14H21N3/c1-14(2)6-4-5-13(14)16-9-11-7-12(8-15)17(3)10-11/h7,10,13,16H,4-6,9H2,1-3H3. The average molecular weight is 231 g/mol. The third kappa shape index (κ3) is 2.53. The van der Waals surface area contributed by atoms with Crippen molar-refractivity contribution in [3.8, 4) is 6.07 Å². The highest BCUT2D eigenvalue weighted by atomic mass is 15.0. The van der Waals surface area contributed by atoms with Crippen molar-refractivity contribution in [3.63, 3.8) is 0 Å². The lowest BCUT2D eigenvalue weighted by Crippen LogP contribution is -2.37. The first kappa shape index (κ1) is 12.2. The number of nitrogens with one attached hydrogen (secondary N) is 1. The summed E-state index contributed by atoms with van der Waals surface area (Å²) < 4.78 is 1.89. The molecule has 1 aromatic rings. The molecule has 0 saturated heterocycles. The minimum atomic E-state index is 0.410.